The lowest BCUT2D eigenvalue weighted by Gasteiger charge is -2.11. The third-order valence-corrected chi connectivity index (χ3v) is 3.91. The van der Waals surface area contributed by atoms with Gasteiger partial charge in [0.2, 0.25) is 11.7 Å². The van der Waals surface area contributed by atoms with E-state index in [4.69, 9.17) is 4.74 Å². The van der Waals surface area contributed by atoms with E-state index in [0.717, 1.165) is 23.0 Å². The molecule has 3 aromatic rings. The van der Waals surface area contributed by atoms with Gasteiger partial charge in [0.15, 0.2) is 0 Å². The van der Waals surface area contributed by atoms with E-state index in [9.17, 15) is 14.9 Å². The molecule has 0 unspecified atom stereocenters. The number of hydrogen-bond donors (Lipinski definition) is 2. The summed E-state index contributed by atoms with van der Waals surface area (Å²) in [6, 6.07) is 14.5. The van der Waals surface area contributed by atoms with Gasteiger partial charge in [-0.2, -0.15) is 4.98 Å². The van der Waals surface area contributed by atoms with Crippen molar-refractivity contribution in [2.45, 2.75) is 20.3 Å². The highest BCUT2D eigenvalue weighted by Gasteiger charge is 2.25. The summed E-state index contributed by atoms with van der Waals surface area (Å²) in [5.74, 6) is -0.357. The van der Waals surface area contributed by atoms with Crippen molar-refractivity contribution in [2.24, 2.45) is 0 Å². The number of rotatable bonds is 7. The van der Waals surface area contributed by atoms with E-state index < -0.39 is 10.6 Å². The number of carbonyl (C=O) groups excluding carboxylic acids is 1. The molecule has 0 radical (unpaired) electrons. The number of aromatic nitrogens is 2. The quantitative estimate of drug-likeness (QED) is 0.466. The van der Waals surface area contributed by atoms with E-state index in [1.807, 2.05) is 50.2 Å². The van der Waals surface area contributed by atoms with E-state index in [1.54, 1.807) is 12.1 Å². The molecule has 2 aromatic carbocycles. The van der Waals surface area contributed by atoms with Gasteiger partial charge in [0.1, 0.15) is 12.1 Å². The number of benzene rings is 2. The standard InChI is InChI=1S/C20H19N5O4/c1-13-8-14(2)10-16(9-13)29-20-18(25(27)28)19(21-12-22-20)24-23-17(26)11-15-6-4-3-5-7-15/h3-10,12H,11H2,1-2H3,(H,23,26)(H,21,22,24). The van der Waals surface area contributed by atoms with Crippen LogP contribution < -0.4 is 15.6 Å². The zero-order valence-corrected chi connectivity index (χ0v) is 15.9. The average Bonchev–Trinajstić information content (AvgIpc) is 2.66. The van der Waals surface area contributed by atoms with Gasteiger partial charge in [-0.3, -0.25) is 25.8 Å². The summed E-state index contributed by atoms with van der Waals surface area (Å²) in [5, 5.41) is 11.6. The first kappa shape index (κ1) is 19.7. The molecule has 1 aromatic heterocycles. The number of ether oxygens (including phenoxy) is 1. The number of amides is 1. The molecule has 0 bridgehead atoms. The van der Waals surface area contributed by atoms with Crippen LogP contribution in [0.25, 0.3) is 0 Å². The van der Waals surface area contributed by atoms with Crippen molar-refractivity contribution in [3.05, 3.63) is 81.7 Å². The van der Waals surface area contributed by atoms with Gasteiger partial charge in [-0.05, 0) is 42.7 Å². The maximum atomic E-state index is 12.1. The normalized spacial score (nSPS) is 10.3. The van der Waals surface area contributed by atoms with Crippen LogP contribution in [-0.4, -0.2) is 20.8 Å². The van der Waals surface area contributed by atoms with Crippen LogP contribution in [0, 0.1) is 24.0 Å². The van der Waals surface area contributed by atoms with Crippen LogP contribution in [0.4, 0.5) is 11.5 Å². The molecule has 0 aliphatic carbocycles. The molecule has 0 saturated heterocycles. The highest BCUT2D eigenvalue weighted by atomic mass is 16.6. The van der Waals surface area contributed by atoms with Gasteiger partial charge >= 0.3 is 11.6 Å². The summed E-state index contributed by atoms with van der Waals surface area (Å²) in [5.41, 5.74) is 7.13. The first-order chi connectivity index (χ1) is 13.9. The molecular formula is C20H19N5O4. The second kappa shape index (κ2) is 8.79. The molecule has 1 heterocycles. The molecule has 148 valence electrons. The Morgan fingerprint density at radius 2 is 1.79 bits per heavy atom. The largest absolute Gasteiger partial charge is 0.434 e. The third kappa shape index (κ3) is 5.25. The Morgan fingerprint density at radius 1 is 1.10 bits per heavy atom. The highest BCUT2D eigenvalue weighted by Crippen LogP contribution is 2.34. The minimum absolute atomic E-state index is 0.110. The lowest BCUT2D eigenvalue weighted by Crippen LogP contribution is -2.31. The minimum Gasteiger partial charge on any atom is -0.434 e. The van der Waals surface area contributed by atoms with Gasteiger partial charge in [-0.1, -0.05) is 36.4 Å². The predicted octanol–water partition coefficient (Wildman–Crippen LogP) is 3.48. The van der Waals surface area contributed by atoms with Crippen LogP contribution in [0.1, 0.15) is 16.7 Å². The summed E-state index contributed by atoms with van der Waals surface area (Å²) in [7, 11) is 0. The van der Waals surface area contributed by atoms with Crippen molar-refractivity contribution in [1.29, 1.82) is 0 Å². The molecule has 3 rings (SSSR count). The molecule has 29 heavy (non-hydrogen) atoms. The van der Waals surface area contributed by atoms with Crippen molar-refractivity contribution < 1.29 is 14.5 Å². The third-order valence-electron chi connectivity index (χ3n) is 3.91. The lowest BCUT2D eigenvalue weighted by molar-refractivity contribution is -0.385. The Morgan fingerprint density at radius 3 is 2.45 bits per heavy atom. The first-order valence-electron chi connectivity index (χ1n) is 8.76. The Bertz CT molecular complexity index is 1020. The van der Waals surface area contributed by atoms with E-state index in [1.165, 1.54) is 0 Å². The number of hydrazine groups is 1. The SMILES string of the molecule is Cc1cc(C)cc(Oc2ncnc(NNC(=O)Cc3ccccc3)c2[N+](=O)[O-])c1. The lowest BCUT2D eigenvalue weighted by atomic mass is 10.1. The van der Waals surface area contributed by atoms with Gasteiger partial charge in [0, 0.05) is 0 Å². The van der Waals surface area contributed by atoms with Crippen molar-refractivity contribution in [1.82, 2.24) is 15.4 Å². The van der Waals surface area contributed by atoms with Crippen LogP contribution >= 0.6 is 0 Å². The van der Waals surface area contributed by atoms with Crippen LogP contribution in [-0.2, 0) is 11.2 Å². The molecule has 0 spiro atoms. The smallest absolute Gasteiger partial charge is 0.374 e. The Hall–Kier alpha value is -4.01. The summed E-state index contributed by atoms with van der Waals surface area (Å²) in [6.45, 7) is 3.78. The van der Waals surface area contributed by atoms with Crippen molar-refractivity contribution in [3.63, 3.8) is 0 Å². The number of hydrogen-bond acceptors (Lipinski definition) is 7. The van der Waals surface area contributed by atoms with Gasteiger partial charge in [0.25, 0.3) is 0 Å². The van der Waals surface area contributed by atoms with Crippen molar-refractivity contribution >= 4 is 17.4 Å². The number of nitrogens with zero attached hydrogens (tertiary/aromatic N) is 3. The number of nitro groups is 1. The second-order valence-electron chi connectivity index (χ2n) is 6.39. The monoisotopic (exact) mass is 393 g/mol. The van der Waals surface area contributed by atoms with Crippen molar-refractivity contribution in [3.8, 4) is 11.6 Å². The average molecular weight is 393 g/mol. The molecule has 0 aliphatic heterocycles. The fraction of sp³-hybridized carbons (Fsp3) is 0.150. The number of anilines is 1. The van der Waals surface area contributed by atoms with Gasteiger partial charge in [-0.25, -0.2) is 4.98 Å². The predicted molar refractivity (Wildman–Crippen MR) is 107 cm³/mol. The molecule has 0 atom stereocenters. The topological polar surface area (TPSA) is 119 Å². The zero-order chi connectivity index (χ0) is 20.8. The number of carbonyl (C=O) groups is 1. The number of aryl methyl sites for hydroxylation is 2. The fourth-order valence-electron chi connectivity index (χ4n) is 2.75. The Balaban J connectivity index is 1.77. The van der Waals surface area contributed by atoms with Crippen LogP contribution in [0.15, 0.2) is 54.9 Å². The second-order valence-corrected chi connectivity index (χ2v) is 6.39. The zero-order valence-electron chi connectivity index (χ0n) is 15.9. The van der Waals surface area contributed by atoms with Crippen molar-refractivity contribution in [2.75, 3.05) is 5.43 Å². The molecule has 0 aliphatic rings. The highest BCUT2D eigenvalue weighted by molar-refractivity contribution is 5.80. The van der Waals surface area contributed by atoms with E-state index >= 15 is 0 Å². The molecule has 0 fully saturated rings. The van der Waals surface area contributed by atoms with Gasteiger partial charge in [0.05, 0.1) is 11.3 Å². The summed E-state index contributed by atoms with van der Waals surface area (Å²) in [4.78, 5) is 30.8. The van der Waals surface area contributed by atoms with Gasteiger partial charge in [-0.15, -0.1) is 0 Å². The summed E-state index contributed by atoms with van der Waals surface area (Å²) >= 11 is 0. The first-order valence-corrected chi connectivity index (χ1v) is 8.76. The fourth-order valence-corrected chi connectivity index (χ4v) is 2.75. The van der Waals surface area contributed by atoms with E-state index in [0.29, 0.717) is 5.75 Å². The molecule has 0 saturated carbocycles. The van der Waals surface area contributed by atoms with Gasteiger partial charge < -0.3 is 4.74 Å². The molecule has 2 N–H and O–H groups in total. The Kier molecular flexibility index (Phi) is 5.98. The van der Waals surface area contributed by atoms with Crippen LogP contribution in [0.3, 0.4) is 0 Å². The van der Waals surface area contributed by atoms with E-state index in [2.05, 4.69) is 20.8 Å². The molecular weight excluding hydrogens is 374 g/mol. The van der Waals surface area contributed by atoms with Crippen LogP contribution in [0.5, 0.6) is 11.6 Å². The van der Waals surface area contributed by atoms with E-state index in [-0.39, 0.29) is 24.0 Å². The summed E-state index contributed by atoms with van der Waals surface area (Å²) in [6.07, 6.45) is 1.23. The molecule has 1 amide bonds. The Labute approximate surface area is 166 Å². The number of nitrogens with one attached hydrogen (secondary N) is 2. The maximum Gasteiger partial charge on any atom is 0.374 e. The minimum atomic E-state index is -0.663. The molecule has 9 heteroatoms. The van der Waals surface area contributed by atoms with Crippen LogP contribution in [0.2, 0.25) is 0 Å². The maximum absolute atomic E-state index is 12.1. The summed E-state index contributed by atoms with van der Waals surface area (Å²) < 4.78 is 5.63. The molecule has 9 nitrogen and oxygen atoms in total.